The molecule has 110 valence electrons. The molecule has 0 aromatic heterocycles. The zero-order valence-corrected chi connectivity index (χ0v) is 11.0. The molecular formula is C14H13FN2O4. The van der Waals surface area contributed by atoms with Crippen LogP contribution in [0.1, 0.15) is 27.1 Å². The zero-order chi connectivity index (χ0) is 15.1. The van der Waals surface area contributed by atoms with Gasteiger partial charge in [0.25, 0.3) is 11.8 Å². The van der Waals surface area contributed by atoms with E-state index in [2.05, 4.69) is 0 Å². The topological polar surface area (TPSA) is 77.9 Å². The molecule has 0 aliphatic carbocycles. The van der Waals surface area contributed by atoms with Crippen molar-refractivity contribution >= 4 is 17.9 Å². The lowest BCUT2D eigenvalue weighted by atomic mass is 10.0. The number of carbonyl (C=O) groups is 3. The number of rotatable bonds is 1. The number of halogens is 1. The van der Waals surface area contributed by atoms with Gasteiger partial charge in [-0.25, -0.2) is 9.18 Å². The van der Waals surface area contributed by atoms with E-state index in [0.717, 1.165) is 9.80 Å². The van der Waals surface area contributed by atoms with Gasteiger partial charge in [0.1, 0.15) is 6.17 Å². The van der Waals surface area contributed by atoms with E-state index in [4.69, 9.17) is 5.11 Å². The predicted molar refractivity (Wildman–Crippen MR) is 69.8 cm³/mol. The third kappa shape index (κ3) is 2.05. The summed E-state index contributed by atoms with van der Waals surface area (Å²) in [6.45, 7) is -0.127. The van der Waals surface area contributed by atoms with Crippen molar-refractivity contribution in [2.45, 2.75) is 18.6 Å². The highest BCUT2D eigenvalue weighted by atomic mass is 19.1. The molecule has 7 heteroatoms. The molecule has 2 aliphatic heterocycles. The number of benzene rings is 1. The van der Waals surface area contributed by atoms with Gasteiger partial charge in [-0.2, -0.15) is 0 Å². The van der Waals surface area contributed by atoms with E-state index < -0.39 is 30.1 Å². The van der Waals surface area contributed by atoms with Crippen LogP contribution >= 0.6 is 0 Å². The molecule has 1 saturated heterocycles. The smallest absolute Gasteiger partial charge is 0.407 e. The number of alkyl halides is 1. The van der Waals surface area contributed by atoms with Crippen LogP contribution in [-0.2, 0) is 0 Å². The number of imide groups is 1. The lowest BCUT2D eigenvalue weighted by Crippen LogP contribution is -2.56. The normalized spacial score (nSPS) is 25.2. The predicted octanol–water partition coefficient (Wildman–Crippen LogP) is 1.37. The molecule has 21 heavy (non-hydrogen) atoms. The number of likely N-dealkylation sites (tertiary alicyclic amines) is 1. The van der Waals surface area contributed by atoms with E-state index in [1.165, 1.54) is 12.1 Å². The maximum Gasteiger partial charge on any atom is 0.407 e. The van der Waals surface area contributed by atoms with Gasteiger partial charge in [-0.05, 0) is 18.6 Å². The van der Waals surface area contributed by atoms with E-state index >= 15 is 0 Å². The van der Waals surface area contributed by atoms with Crippen LogP contribution in [0.4, 0.5) is 9.18 Å². The fourth-order valence-electron chi connectivity index (χ4n) is 2.83. The fourth-order valence-corrected chi connectivity index (χ4v) is 2.83. The summed E-state index contributed by atoms with van der Waals surface area (Å²) >= 11 is 0. The minimum atomic E-state index is -1.41. The molecule has 0 saturated carbocycles. The molecule has 1 aromatic carbocycles. The summed E-state index contributed by atoms with van der Waals surface area (Å²) in [5.74, 6) is -1.12. The van der Waals surface area contributed by atoms with Crippen LogP contribution < -0.4 is 0 Å². The minimum Gasteiger partial charge on any atom is -0.465 e. The monoisotopic (exact) mass is 292 g/mol. The number of carbonyl (C=O) groups excluding carboxylic acids is 2. The first-order valence-corrected chi connectivity index (χ1v) is 6.59. The molecule has 1 N–H and O–H groups in total. The van der Waals surface area contributed by atoms with Crippen molar-refractivity contribution in [3.63, 3.8) is 0 Å². The van der Waals surface area contributed by atoms with E-state index in [-0.39, 0.29) is 30.6 Å². The SMILES string of the molecule is O=C(O)N1CCC(F)C(N2C(=O)c3ccccc3C2=O)C1. The van der Waals surface area contributed by atoms with Gasteiger partial charge in [-0.3, -0.25) is 14.5 Å². The maximum absolute atomic E-state index is 14.1. The lowest BCUT2D eigenvalue weighted by Gasteiger charge is -2.37. The van der Waals surface area contributed by atoms with Crippen molar-refractivity contribution in [1.29, 1.82) is 0 Å². The second kappa shape index (κ2) is 4.83. The van der Waals surface area contributed by atoms with Crippen LogP contribution in [0.15, 0.2) is 24.3 Å². The molecule has 2 aliphatic rings. The summed E-state index contributed by atoms with van der Waals surface area (Å²) in [7, 11) is 0. The highest BCUT2D eigenvalue weighted by Crippen LogP contribution is 2.29. The number of amides is 3. The second-order valence-corrected chi connectivity index (χ2v) is 5.13. The van der Waals surface area contributed by atoms with Gasteiger partial charge in [0.2, 0.25) is 0 Å². The highest BCUT2D eigenvalue weighted by Gasteiger charge is 2.45. The maximum atomic E-state index is 14.1. The summed E-state index contributed by atoms with van der Waals surface area (Å²) in [5, 5.41) is 9.01. The summed E-state index contributed by atoms with van der Waals surface area (Å²) in [4.78, 5) is 37.5. The average molecular weight is 292 g/mol. The van der Waals surface area contributed by atoms with Gasteiger partial charge < -0.3 is 10.0 Å². The van der Waals surface area contributed by atoms with Crippen molar-refractivity contribution < 1.29 is 23.9 Å². The summed E-state index contributed by atoms with van der Waals surface area (Å²) in [6.07, 6.45) is -2.61. The van der Waals surface area contributed by atoms with Crippen molar-refractivity contribution in [1.82, 2.24) is 9.80 Å². The molecular weight excluding hydrogens is 279 g/mol. The van der Waals surface area contributed by atoms with E-state index in [9.17, 15) is 18.8 Å². The van der Waals surface area contributed by atoms with Crippen molar-refractivity contribution in [3.8, 4) is 0 Å². The number of fused-ring (bicyclic) bond motifs is 1. The Morgan fingerprint density at radius 1 is 1.19 bits per heavy atom. The first-order chi connectivity index (χ1) is 10.0. The molecule has 0 radical (unpaired) electrons. The van der Waals surface area contributed by atoms with E-state index in [1.54, 1.807) is 12.1 Å². The van der Waals surface area contributed by atoms with Crippen LogP contribution in [0.5, 0.6) is 0 Å². The summed E-state index contributed by atoms with van der Waals surface area (Å²) < 4.78 is 14.1. The van der Waals surface area contributed by atoms with E-state index in [0.29, 0.717) is 0 Å². The van der Waals surface area contributed by atoms with E-state index in [1.807, 2.05) is 0 Å². The Kier molecular flexibility index (Phi) is 3.12. The quantitative estimate of drug-likeness (QED) is 0.793. The zero-order valence-electron chi connectivity index (χ0n) is 11.0. The Morgan fingerprint density at radius 3 is 2.29 bits per heavy atom. The lowest BCUT2D eigenvalue weighted by molar-refractivity contribution is 0.0277. The third-order valence-corrected chi connectivity index (χ3v) is 3.93. The van der Waals surface area contributed by atoms with Gasteiger partial charge >= 0.3 is 6.09 Å². The van der Waals surface area contributed by atoms with Crippen molar-refractivity contribution in [3.05, 3.63) is 35.4 Å². The molecule has 1 fully saturated rings. The Morgan fingerprint density at radius 2 is 1.76 bits per heavy atom. The molecule has 3 rings (SSSR count). The minimum absolute atomic E-state index is 0.0234. The molecule has 0 spiro atoms. The molecule has 2 atom stereocenters. The molecule has 2 unspecified atom stereocenters. The van der Waals surface area contributed by atoms with Gasteiger partial charge in [0, 0.05) is 13.1 Å². The Labute approximate surface area is 119 Å². The van der Waals surface area contributed by atoms with Gasteiger partial charge in [0.15, 0.2) is 0 Å². The molecule has 1 aromatic rings. The fraction of sp³-hybridized carbons (Fsp3) is 0.357. The third-order valence-electron chi connectivity index (χ3n) is 3.93. The first-order valence-electron chi connectivity index (χ1n) is 6.59. The Bertz CT molecular complexity index is 598. The van der Waals surface area contributed by atoms with Crippen LogP contribution in [0.2, 0.25) is 0 Å². The van der Waals surface area contributed by atoms with Crippen molar-refractivity contribution in [2.24, 2.45) is 0 Å². The molecule has 3 amide bonds. The van der Waals surface area contributed by atoms with Crippen LogP contribution in [0.3, 0.4) is 0 Å². The van der Waals surface area contributed by atoms with Gasteiger partial charge in [-0.15, -0.1) is 0 Å². The number of hydrogen-bond donors (Lipinski definition) is 1. The number of carboxylic acid groups (broad SMARTS) is 1. The largest absolute Gasteiger partial charge is 0.465 e. The second-order valence-electron chi connectivity index (χ2n) is 5.13. The number of hydrogen-bond acceptors (Lipinski definition) is 3. The molecule has 6 nitrogen and oxygen atoms in total. The highest BCUT2D eigenvalue weighted by molar-refractivity contribution is 6.21. The molecule has 0 bridgehead atoms. The molecule has 2 heterocycles. The van der Waals surface area contributed by atoms with Crippen molar-refractivity contribution in [2.75, 3.05) is 13.1 Å². The van der Waals surface area contributed by atoms with Gasteiger partial charge in [0.05, 0.1) is 17.2 Å². The average Bonchev–Trinajstić information content (AvgIpc) is 2.72. The Balaban J connectivity index is 1.92. The number of nitrogens with zero attached hydrogens (tertiary/aromatic N) is 2. The standard InChI is InChI=1S/C14H13FN2O4/c15-10-5-6-16(14(20)21)7-11(10)17-12(18)8-3-1-2-4-9(8)13(17)19/h1-4,10-11H,5-7H2,(H,20,21). The number of piperidine rings is 1. The van der Waals surface area contributed by atoms with Crippen LogP contribution in [0, 0.1) is 0 Å². The van der Waals surface area contributed by atoms with Crippen LogP contribution in [-0.4, -0.2) is 58.1 Å². The van der Waals surface area contributed by atoms with Gasteiger partial charge in [-0.1, -0.05) is 12.1 Å². The van der Waals surface area contributed by atoms with Crippen LogP contribution in [0.25, 0.3) is 0 Å². The Hall–Kier alpha value is -2.44. The summed E-state index contributed by atoms with van der Waals surface area (Å²) in [5.41, 5.74) is 0.476. The first kappa shape index (κ1) is 13.5. The summed E-state index contributed by atoms with van der Waals surface area (Å²) in [6, 6.07) is 5.22.